The summed E-state index contributed by atoms with van der Waals surface area (Å²) in [6.45, 7) is 6.29. The summed E-state index contributed by atoms with van der Waals surface area (Å²) >= 11 is 5.38. The second kappa shape index (κ2) is 8.68. The Kier molecular flexibility index (Phi) is 5.85. The zero-order valence-electron chi connectivity index (χ0n) is 15.8. The Balaban J connectivity index is 1.52. The molecular formula is C21H23N3O3S. The molecule has 0 unspecified atom stereocenters. The second-order valence-electron chi connectivity index (χ2n) is 6.80. The molecular weight excluding hydrogens is 374 g/mol. The number of nitrogens with zero attached hydrogens (tertiary/aromatic N) is 3. The molecule has 0 N–H and O–H groups in total. The van der Waals surface area contributed by atoms with Gasteiger partial charge in [-0.05, 0) is 37.3 Å². The van der Waals surface area contributed by atoms with E-state index in [1.807, 2.05) is 48.5 Å². The molecule has 1 fully saturated rings. The molecule has 7 heteroatoms. The van der Waals surface area contributed by atoms with Gasteiger partial charge in [-0.2, -0.15) is 0 Å². The van der Waals surface area contributed by atoms with E-state index in [2.05, 4.69) is 16.9 Å². The molecule has 0 amide bonds. The average Bonchev–Trinajstić information content (AvgIpc) is 3.09. The number of aryl methyl sites for hydroxylation is 1. The van der Waals surface area contributed by atoms with E-state index in [9.17, 15) is 0 Å². The van der Waals surface area contributed by atoms with Crippen LogP contribution in [0.3, 0.4) is 0 Å². The summed E-state index contributed by atoms with van der Waals surface area (Å²) in [4.78, 5) is 2.62. The number of morpholine rings is 1. The van der Waals surface area contributed by atoms with Gasteiger partial charge >= 0.3 is 0 Å². The molecule has 0 atom stereocenters. The van der Waals surface area contributed by atoms with Crippen LogP contribution in [0.2, 0.25) is 0 Å². The molecule has 2 heterocycles. The van der Waals surface area contributed by atoms with Gasteiger partial charge < -0.3 is 13.9 Å². The largest absolute Gasteiger partial charge is 0.489 e. The fourth-order valence-electron chi connectivity index (χ4n) is 3.09. The summed E-state index contributed by atoms with van der Waals surface area (Å²) in [5.41, 5.74) is 3.09. The standard InChI is InChI=1S/C21H23N3O3S/c1-16-6-8-18(9-7-16)26-14-17-4-2-3-5-19(17)20-22-24(21(28)27-20)15-23-10-12-25-13-11-23/h2-9H,10-15H2,1H3. The Hall–Kier alpha value is -2.48. The van der Waals surface area contributed by atoms with Crippen LogP contribution >= 0.6 is 12.2 Å². The van der Waals surface area contributed by atoms with Gasteiger partial charge in [-0.25, -0.2) is 4.68 Å². The Morgan fingerprint density at radius 2 is 1.82 bits per heavy atom. The third-order valence-electron chi connectivity index (χ3n) is 4.71. The van der Waals surface area contributed by atoms with E-state index in [1.54, 1.807) is 4.68 Å². The second-order valence-corrected chi connectivity index (χ2v) is 7.15. The van der Waals surface area contributed by atoms with E-state index >= 15 is 0 Å². The molecule has 0 aliphatic carbocycles. The molecule has 3 aromatic rings. The van der Waals surface area contributed by atoms with Crippen molar-refractivity contribution in [1.29, 1.82) is 0 Å². The lowest BCUT2D eigenvalue weighted by molar-refractivity contribution is 0.0206. The Labute approximate surface area is 169 Å². The summed E-state index contributed by atoms with van der Waals surface area (Å²) in [5.74, 6) is 1.35. The zero-order chi connectivity index (χ0) is 19.3. The first kappa shape index (κ1) is 18.9. The monoisotopic (exact) mass is 397 g/mol. The van der Waals surface area contributed by atoms with Crippen LogP contribution in [0, 0.1) is 11.8 Å². The molecule has 0 saturated carbocycles. The number of aromatic nitrogens is 2. The third kappa shape index (κ3) is 4.49. The van der Waals surface area contributed by atoms with Crippen molar-refractivity contribution < 1.29 is 13.9 Å². The van der Waals surface area contributed by atoms with Crippen LogP contribution in [-0.4, -0.2) is 41.0 Å². The van der Waals surface area contributed by atoms with Gasteiger partial charge in [0.2, 0.25) is 5.89 Å². The predicted molar refractivity (Wildman–Crippen MR) is 109 cm³/mol. The minimum atomic E-state index is 0.371. The van der Waals surface area contributed by atoms with Gasteiger partial charge in [0.25, 0.3) is 4.84 Å². The van der Waals surface area contributed by atoms with Gasteiger partial charge in [0.15, 0.2) is 0 Å². The smallest absolute Gasteiger partial charge is 0.288 e. The summed E-state index contributed by atoms with van der Waals surface area (Å²) in [6.07, 6.45) is 0. The van der Waals surface area contributed by atoms with Crippen molar-refractivity contribution >= 4 is 12.2 Å². The normalized spacial score (nSPS) is 14.9. The lowest BCUT2D eigenvalue weighted by atomic mass is 10.1. The van der Waals surface area contributed by atoms with Crippen molar-refractivity contribution in [2.45, 2.75) is 20.2 Å². The minimum Gasteiger partial charge on any atom is -0.489 e. The van der Waals surface area contributed by atoms with Gasteiger partial charge in [0, 0.05) is 24.2 Å². The van der Waals surface area contributed by atoms with Crippen molar-refractivity contribution in [3.05, 3.63) is 64.5 Å². The van der Waals surface area contributed by atoms with Crippen molar-refractivity contribution in [2.75, 3.05) is 26.3 Å². The third-order valence-corrected chi connectivity index (χ3v) is 5.00. The molecule has 146 valence electrons. The molecule has 1 aromatic heterocycles. The summed E-state index contributed by atoms with van der Waals surface area (Å²) in [7, 11) is 0. The molecule has 4 rings (SSSR count). The van der Waals surface area contributed by atoms with Gasteiger partial charge in [-0.1, -0.05) is 35.9 Å². The van der Waals surface area contributed by atoms with E-state index in [4.69, 9.17) is 26.1 Å². The summed E-state index contributed by atoms with van der Waals surface area (Å²) < 4.78 is 18.9. The Bertz CT molecular complexity index is 975. The van der Waals surface area contributed by atoms with Crippen LogP contribution in [-0.2, 0) is 18.0 Å². The van der Waals surface area contributed by atoms with E-state index in [0.717, 1.165) is 43.2 Å². The maximum Gasteiger partial charge on any atom is 0.288 e. The fourth-order valence-corrected chi connectivity index (χ4v) is 3.26. The lowest BCUT2D eigenvalue weighted by Crippen LogP contribution is -2.37. The number of ether oxygens (including phenoxy) is 2. The quantitative estimate of drug-likeness (QED) is 0.585. The van der Waals surface area contributed by atoms with Gasteiger partial charge in [-0.3, -0.25) is 4.90 Å². The fraction of sp³-hybridized carbons (Fsp3) is 0.333. The van der Waals surface area contributed by atoms with Crippen molar-refractivity contribution in [1.82, 2.24) is 14.7 Å². The Morgan fingerprint density at radius 3 is 2.61 bits per heavy atom. The highest BCUT2D eigenvalue weighted by molar-refractivity contribution is 7.71. The first-order chi connectivity index (χ1) is 13.7. The van der Waals surface area contributed by atoms with Crippen LogP contribution < -0.4 is 4.74 Å². The molecule has 6 nitrogen and oxygen atoms in total. The SMILES string of the molecule is Cc1ccc(OCc2ccccc2-c2nn(CN3CCOCC3)c(=S)o2)cc1. The van der Waals surface area contributed by atoms with Crippen LogP contribution in [0.15, 0.2) is 52.9 Å². The van der Waals surface area contributed by atoms with Gasteiger partial charge in [0.05, 0.1) is 19.9 Å². The maximum absolute atomic E-state index is 5.94. The minimum absolute atomic E-state index is 0.371. The number of hydrogen-bond donors (Lipinski definition) is 0. The van der Waals surface area contributed by atoms with Crippen LogP contribution in [0.5, 0.6) is 5.75 Å². The van der Waals surface area contributed by atoms with Crippen molar-refractivity contribution in [3.8, 4) is 17.2 Å². The Morgan fingerprint density at radius 1 is 1.07 bits per heavy atom. The summed E-state index contributed by atoms with van der Waals surface area (Å²) in [6, 6.07) is 16.0. The van der Waals surface area contributed by atoms with E-state index in [1.165, 1.54) is 5.56 Å². The molecule has 28 heavy (non-hydrogen) atoms. The van der Waals surface area contributed by atoms with E-state index in [-0.39, 0.29) is 0 Å². The molecule has 2 aromatic carbocycles. The molecule has 1 aliphatic rings. The first-order valence-corrected chi connectivity index (χ1v) is 9.76. The molecule has 1 aliphatic heterocycles. The highest BCUT2D eigenvalue weighted by Gasteiger charge is 2.16. The summed E-state index contributed by atoms with van der Waals surface area (Å²) in [5, 5.41) is 4.61. The lowest BCUT2D eigenvalue weighted by Gasteiger charge is -2.25. The van der Waals surface area contributed by atoms with Gasteiger partial charge in [-0.15, -0.1) is 5.10 Å². The topological polar surface area (TPSA) is 52.7 Å². The number of hydrogen-bond acceptors (Lipinski definition) is 6. The molecule has 0 spiro atoms. The van der Waals surface area contributed by atoms with Gasteiger partial charge in [0.1, 0.15) is 12.4 Å². The highest BCUT2D eigenvalue weighted by Crippen LogP contribution is 2.24. The highest BCUT2D eigenvalue weighted by atomic mass is 32.1. The van der Waals surface area contributed by atoms with E-state index in [0.29, 0.717) is 24.0 Å². The number of rotatable bonds is 6. The zero-order valence-corrected chi connectivity index (χ0v) is 16.7. The van der Waals surface area contributed by atoms with Crippen LogP contribution in [0.4, 0.5) is 0 Å². The maximum atomic E-state index is 5.94. The van der Waals surface area contributed by atoms with Crippen molar-refractivity contribution in [2.24, 2.45) is 0 Å². The average molecular weight is 398 g/mol. The molecule has 1 saturated heterocycles. The van der Waals surface area contributed by atoms with Crippen molar-refractivity contribution in [3.63, 3.8) is 0 Å². The molecule has 0 radical (unpaired) electrons. The molecule has 0 bridgehead atoms. The first-order valence-electron chi connectivity index (χ1n) is 9.35. The van der Waals surface area contributed by atoms with Crippen LogP contribution in [0.25, 0.3) is 11.5 Å². The number of benzene rings is 2. The predicted octanol–water partition coefficient (Wildman–Crippen LogP) is 4.05. The van der Waals surface area contributed by atoms with Crippen LogP contribution in [0.1, 0.15) is 11.1 Å². The van der Waals surface area contributed by atoms with E-state index < -0.39 is 0 Å².